The van der Waals surface area contributed by atoms with Crippen LogP contribution in [0.3, 0.4) is 0 Å². The third-order valence-electron chi connectivity index (χ3n) is 6.00. The molecule has 2 aromatic carbocycles. The minimum Gasteiger partial charge on any atom is -0.495 e. The van der Waals surface area contributed by atoms with Crippen LogP contribution in [0.5, 0.6) is 5.75 Å². The molecule has 0 saturated heterocycles. The fraction of sp³-hybridized carbons (Fsp3) is 0.381. The number of rotatable bonds is 3. The highest BCUT2D eigenvalue weighted by molar-refractivity contribution is 7.80. The Morgan fingerprint density at radius 2 is 2.00 bits per heavy atom. The van der Waals surface area contributed by atoms with Crippen LogP contribution in [0.1, 0.15) is 25.7 Å². The summed E-state index contributed by atoms with van der Waals surface area (Å²) in [5.41, 5.74) is 2.54. The zero-order valence-electron chi connectivity index (χ0n) is 14.7. The van der Waals surface area contributed by atoms with E-state index in [1.807, 2.05) is 30.3 Å². The fourth-order valence-electron chi connectivity index (χ4n) is 4.77. The number of furan rings is 1. The average molecular weight is 366 g/mol. The number of benzene rings is 2. The average Bonchev–Trinajstić information content (AvgIpc) is 3.34. The summed E-state index contributed by atoms with van der Waals surface area (Å²) < 4.78 is 11.6. The lowest BCUT2D eigenvalue weighted by molar-refractivity contribution is 0.391. The maximum Gasteiger partial charge on any atom is 0.171 e. The van der Waals surface area contributed by atoms with Crippen molar-refractivity contribution >= 4 is 45.0 Å². The molecule has 2 N–H and O–H groups in total. The van der Waals surface area contributed by atoms with Gasteiger partial charge < -0.3 is 19.8 Å². The summed E-state index contributed by atoms with van der Waals surface area (Å²) >= 11 is 5.57. The number of thiocarbonyl (C=S) groups is 1. The number of anilines is 1. The van der Waals surface area contributed by atoms with Gasteiger partial charge in [-0.25, -0.2) is 0 Å². The molecule has 5 heteroatoms. The number of hydrogen-bond acceptors (Lipinski definition) is 3. The summed E-state index contributed by atoms with van der Waals surface area (Å²) in [6.45, 7) is 0. The lowest BCUT2D eigenvalue weighted by atomic mass is 9.95. The Balaban J connectivity index is 1.42. The minimum atomic E-state index is 0.509. The van der Waals surface area contributed by atoms with Gasteiger partial charge in [0.1, 0.15) is 16.9 Å². The number of hydrogen-bond donors (Lipinski definition) is 2. The molecular weight excluding hydrogens is 344 g/mol. The number of para-hydroxylation sites is 1. The molecule has 3 atom stereocenters. The van der Waals surface area contributed by atoms with Crippen molar-refractivity contribution < 1.29 is 9.15 Å². The largest absolute Gasteiger partial charge is 0.495 e. The van der Waals surface area contributed by atoms with Crippen molar-refractivity contribution in [1.82, 2.24) is 5.32 Å². The quantitative estimate of drug-likeness (QED) is 0.634. The van der Waals surface area contributed by atoms with Gasteiger partial charge in [-0.05, 0) is 55.4 Å². The van der Waals surface area contributed by atoms with E-state index in [1.165, 1.54) is 25.7 Å². The lowest BCUT2D eigenvalue weighted by Gasteiger charge is -2.24. The summed E-state index contributed by atoms with van der Waals surface area (Å²) in [4.78, 5) is 0. The molecule has 2 fully saturated rings. The van der Waals surface area contributed by atoms with Crippen molar-refractivity contribution in [1.29, 1.82) is 0 Å². The van der Waals surface area contributed by atoms with Gasteiger partial charge in [-0.15, -0.1) is 0 Å². The molecule has 0 unspecified atom stereocenters. The Morgan fingerprint density at radius 3 is 2.77 bits per heavy atom. The molecule has 1 aromatic heterocycles. The van der Waals surface area contributed by atoms with E-state index in [2.05, 4.69) is 16.7 Å². The van der Waals surface area contributed by atoms with Gasteiger partial charge in [0.2, 0.25) is 0 Å². The minimum absolute atomic E-state index is 0.509. The second kappa shape index (κ2) is 6.16. The number of nitrogens with one attached hydrogen (secondary N) is 2. The Labute approximate surface area is 157 Å². The first-order valence-electron chi connectivity index (χ1n) is 9.28. The first kappa shape index (κ1) is 15.9. The standard InChI is InChI=1S/C21H22N2O2S/c1-24-20-10-15-14-4-2-3-5-18(14)25-19(15)11-17(20)23-21(26)22-16-9-12-6-7-13(16)8-12/h2-5,10-13,16H,6-9H2,1H3,(H2,22,23,26)/t12-,13+,16+/m0/s1. The molecule has 2 bridgehead atoms. The van der Waals surface area contributed by atoms with Crippen LogP contribution in [0.2, 0.25) is 0 Å². The van der Waals surface area contributed by atoms with E-state index in [1.54, 1.807) is 7.11 Å². The van der Waals surface area contributed by atoms with Crippen LogP contribution in [0.25, 0.3) is 21.9 Å². The molecule has 0 spiro atoms. The van der Waals surface area contributed by atoms with Crippen LogP contribution in [0.4, 0.5) is 5.69 Å². The monoisotopic (exact) mass is 366 g/mol. The van der Waals surface area contributed by atoms with E-state index < -0.39 is 0 Å². The molecule has 0 radical (unpaired) electrons. The maximum absolute atomic E-state index is 5.99. The molecule has 0 amide bonds. The van der Waals surface area contributed by atoms with Crippen molar-refractivity contribution in [2.45, 2.75) is 31.7 Å². The van der Waals surface area contributed by atoms with Crippen molar-refractivity contribution in [3.63, 3.8) is 0 Å². The van der Waals surface area contributed by atoms with E-state index in [9.17, 15) is 0 Å². The zero-order valence-corrected chi connectivity index (χ0v) is 15.6. The molecular formula is C21H22N2O2S. The lowest BCUT2D eigenvalue weighted by Crippen LogP contribution is -2.40. The topological polar surface area (TPSA) is 46.4 Å². The van der Waals surface area contributed by atoms with Crippen LogP contribution in [0.15, 0.2) is 40.8 Å². The van der Waals surface area contributed by atoms with Gasteiger partial charge in [0.15, 0.2) is 5.11 Å². The van der Waals surface area contributed by atoms with Crippen molar-refractivity contribution in [3.05, 3.63) is 36.4 Å². The Morgan fingerprint density at radius 1 is 1.12 bits per heavy atom. The van der Waals surface area contributed by atoms with Gasteiger partial charge in [-0.1, -0.05) is 24.6 Å². The molecule has 4 nitrogen and oxygen atoms in total. The summed E-state index contributed by atoms with van der Waals surface area (Å²) in [5, 5.41) is 9.65. The second-order valence-corrected chi connectivity index (χ2v) is 7.93. The third-order valence-corrected chi connectivity index (χ3v) is 6.22. The third kappa shape index (κ3) is 2.62. The Hall–Kier alpha value is -2.27. The second-order valence-electron chi connectivity index (χ2n) is 7.53. The van der Waals surface area contributed by atoms with E-state index in [0.717, 1.165) is 45.2 Å². The first-order chi connectivity index (χ1) is 12.7. The van der Waals surface area contributed by atoms with Gasteiger partial charge >= 0.3 is 0 Å². The number of ether oxygens (including phenoxy) is 1. The van der Waals surface area contributed by atoms with E-state index in [0.29, 0.717) is 11.2 Å². The van der Waals surface area contributed by atoms with Crippen LogP contribution >= 0.6 is 12.2 Å². The predicted octanol–water partition coefficient (Wildman–Crippen LogP) is 5.07. The summed E-state index contributed by atoms with van der Waals surface area (Å²) in [5.74, 6) is 2.43. The van der Waals surface area contributed by atoms with Gasteiger partial charge in [0.25, 0.3) is 0 Å². The molecule has 0 aliphatic heterocycles. The normalized spacial score (nSPS) is 24.3. The molecule has 26 heavy (non-hydrogen) atoms. The highest BCUT2D eigenvalue weighted by Gasteiger charge is 2.39. The van der Waals surface area contributed by atoms with Gasteiger partial charge in [0.05, 0.1) is 12.8 Å². The summed E-state index contributed by atoms with van der Waals surface area (Å²) in [6, 6.07) is 12.5. The highest BCUT2D eigenvalue weighted by Crippen LogP contribution is 2.44. The predicted molar refractivity (Wildman–Crippen MR) is 109 cm³/mol. The van der Waals surface area contributed by atoms with E-state index in [4.69, 9.17) is 21.4 Å². The molecule has 2 aliphatic rings. The van der Waals surface area contributed by atoms with Gasteiger partial charge in [0, 0.05) is 22.9 Å². The van der Waals surface area contributed by atoms with Crippen LogP contribution in [-0.2, 0) is 0 Å². The number of methoxy groups -OCH3 is 1. The Kier molecular flexibility index (Phi) is 3.78. The van der Waals surface area contributed by atoms with Crippen molar-refractivity contribution in [2.24, 2.45) is 11.8 Å². The zero-order chi connectivity index (χ0) is 17.7. The molecule has 134 valence electrons. The van der Waals surface area contributed by atoms with Crippen LogP contribution in [0, 0.1) is 11.8 Å². The molecule has 5 rings (SSSR count). The summed E-state index contributed by atoms with van der Waals surface area (Å²) in [7, 11) is 1.68. The van der Waals surface area contributed by atoms with Gasteiger partial charge in [-0.3, -0.25) is 0 Å². The van der Waals surface area contributed by atoms with Crippen molar-refractivity contribution in [3.8, 4) is 5.75 Å². The highest BCUT2D eigenvalue weighted by atomic mass is 32.1. The molecule has 1 heterocycles. The maximum atomic E-state index is 5.99. The molecule has 3 aromatic rings. The SMILES string of the molecule is COc1cc2c(cc1NC(=S)N[C@@H]1C[C@H]3CC[C@@H]1C3)oc1ccccc12. The van der Waals surface area contributed by atoms with Crippen LogP contribution < -0.4 is 15.4 Å². The molecule has 2 aliphatic carbocycles. The van der Waals surface area contributed by atoms with E-state index >= 15 is 0 Å². The molecule has 2 saturated carbocycles. The summed E-state index contributed by atoms with van der Waals surface area (Å²) in [6.07, 6.45) is 5.32. The van der Waals surface area contributed by atoms with Gasteiger partial charge in [-0.2, -0.15) is 0 Å². The van der Waals surface area contributed by atoms with Crippen molar-refractivity contribution in [2.75, 3.05) is 12.4 Å². The first-order valence-corrected chi connectivity index (χ1v) is 9.69. The Bertz CT molecular complexity index is 996. The number of fused-ring (bicyclic) bond motifs is 5. The fourth-order valence-corrected chi connectivity index (χ4v) is 5.03. The van der Waals surface area contributed by atoms with E-state index in [-0.39, 0.29) is 0 Å². The van der Waals surface area contributed by atoms with Crippen LogP contribution in [-0.4, -0.2) is 18.3 Å². The smallest absolute Gasteiger partial charge is 0.171 e.